The summed E-state index contributed by atoms with van der Waals surface area (Å²) in [7, 11) is 1.61. The number of ether oxygens (including phenoxy) is 1. The molecule has 0 saturated carbocycles. The first-order valence-electron chi connectivity index (χ1n) is 6.94. The molecule has 0 aliphatic heterocycles. The SMILES string of the molecule is CCCC(C)(N)C(=O)N(C)Cc1ccc(OC(F)(F)F)cc1.Cl. The van der Waals surface area contributed by atoms with Crippen molar-refractivity contribution in [1.82, 2.24) is 4.90 Å². The fourth-order valence-electron chi connectivity index (χ4n) is 2.20. The molecular weight excluding hydrogens is 333 g/mol. The van der Waals surface area contributed by atoms with Crippen molar-refractivity contribution in [3.63, 3.8) is 0 Å². The number of amides is 1. The van der Waals surface area contributed by atoms with E-state index < -0.39 is 11.9 Å². The molecule has 0 spiro atoms. The van der Waals surface area contributed by atoms with E-state index in [0.717, 1.165) is 6.42 Å². The molecule has 0 aliphatic carbocycles. The molecule has 0 aliphatic rings. The standard InChI is InChI=1S/C15H21F3N2O2.ClH/c1-4-9-14(2,19)13(21)20(3)10-11-5-7-12(8-6-11)22-15(16,17)18;/h5-8H,4,9-10,19H2,1-3H3;1H. The molecule has 0 aromatic heterocycles. The first-order chi connectivity index (χ1) is 10.0. The third kappa shape index (κ3) is 7.09. The number of nitrogens with zero attached hydrogens (tertiary/aromatic N) is 1. The normalized spacial score (nSPS) is 13.7. The molecule has 0 saturated heterocycles. The minimum absolute atomic E-state index is 0. The number of carbonyl (C=O) groups excluding carboxylic acids is 1. The van der Waals surface area contributed by atoms with Crippen LogP contribution in [-0.2, 0) is 11.3 Å². The molecule has 1 unspecified atom stereocenters. The predicted octanol–water partition coefficient (Wildman–Crippen LogP) is 3.48. The topological polar surface area (TPSA) is 55.6 Å². The van der Waals surface area contributed by atoms with Crippen LogP contribution in [0.5, 0.6) is 5.75 Å². The predicted molar refractivity (Wildman–Crippen MR) is 84.3 cm³/mol. The van der Waals surface area contributed by atoms with Gasteiger partial charge in [-0.15, -0.1) is 25.6 Å². The van der Waals surface area contributed by atoms with Crippen LogP contribution < -0.4 is 10.5 Å². The Hall–Kier alpha value is -1.47. The van der Waals surface area contributed by atoms with Gasteiger partial charge in [0.05, 0.1) is 5.54 Å². The van der Waals surface area contributed by atoms with Crippen molar-refractivity contribution >= 4 is 18.3 Å². The van der Waals surface area contributed by atoms with Gasteiger partial charge in [0.2, 0.25) is 5.91 Å². The van der Waals surface area contributed by atoms with Gasteiger partial charge < -0.3 is 15.4 Å². The number of benzene rings is 1. The van der Waals surface area contributed by atoms with Gasteiger partial charge in [0.25, 0.3) is 0 Å². The molecule has 1 rings (SSSR count). The van der Waals surface area contributed by atoms with Gasteiger partial charge in [0, 0.05) is 13.6 Å². The Balaban J connectivity index is 0.00000484. The Morgan fingerprint density at radius 2 is 1.78 bits per heavy atom. The fourth-order valence-corrected chi connectivity index (χ4v) is 2.20. The van der Waals surface area contributed by atoms with Crippen LogP contribution in [0.1, 0.15) is 32.3 Å². The lowest BCUT2D eigenvalue weighted by Gasteiger charge is -2.29. The first kappa shape index (κ1) is 21.5. The largest absolute Gasteiger partial charge is 0.573 e. The number of hydrogen-bond acceptors (Lipinski definition) is 3. The zero-order valence-corrected chi connectivity index (χ0v) is 14.1. The molecule has 2 N–H and O–H groups in total. The summed E-state index contributed by atoms with van der Waals surface area (Å²) >= 11 is 0. The van der Waals surface area contributed by atoms with Crippen molar-refractivity contribution in [3.05, 3.63) is 29.8 Å². The monoisotopic (exact) mass is 354 g/mol. The van der Waals surface area contributed by atoms with Crippen LogP contribution in [0.2, 0.25) is 0 Å². The average Bonchev–Trinajstić information content (AvgIpc) is 2.38. The second-order valence-electron chi connectivity index (χ2n) is 5.52. The zero-order valence-electron chi connectivity index (χ0n) is 13.3. The second-order valence-corrected chi connectivity index (χ2v) is 5.52. The Morgan fingerprint density at radius 1 is 1.26 bits per heavy atom. The first-order valence-corrected chi connectivity index (χ1v) is 6.94. The lowest BCUT2D eigenvalue weighted by atomic mass is 9.96. The molecule has 1 amide bonds. The molecule has 1 aromatic carbocycles. The molecule has 8 heteroatoms. The van der Waals surface area contributed by atoms with Gasteiger partial charge in [-0.05, 0) is 31.0 Å². The van der Waals surface area contributed by atoms with Crippen LogP contribution >= 0.6 is 12.4 Å². The summed E-state index contributed by atoms with van der Waals surface area (Å²) < 4.78 is 40.0. The number of nitrogens with two attached hydrogens (primary N) is 1. The van der Waals surface area contributed by atoms with Crippen molar-refractivity contribution in [2.24, 2.45) is 5.73 Å². The van der Waals surface area contributed by atoms with E-state index in [1.165, 1.54) is 29.2 Å². The van der Waals surface area contributed by atoms with E-state index in [-0.39, 0.29) is 30.6 Å². The van der Waals surface area contributed by atoms with Gasteiger partial charge >= 0.3 is 6.36 Å². The number of rotatable bonds is 6. The van der Waals surface area contributed by atoms with Crippen LogP contribution in [0.3, 0.4) is 0 Å². The maximum absolute atomic E-state index is 12.2. The van der Waals surface area contributed by atoms with E-state index >= 15 is 0 Å². The lowest BCUT2D eigenvalue weighted by molar-refractivity contribution is -0.274. The summed E-state index contributed by atoms with van der Waals surface area (Å²) in [5.41, 5.74) is 5.73. The highest BCUT2D eigenvalue weighted by atomic mass is 35.5. The Bertz CT molecular complexity index is 504. The highest BCUT2D eigenvalue weighted by molar-refractivity contribution is 5.85. The van der Waals surface area contributed by atoms with Crippen molar-refractivity contribution in [1.29, 1.82) is 0 Å². The second kappa shape index (κ2) is 8.40. The van der Waals surface area contributed by atoms with Crippen molar-refractivity contribution in [2.45, 2.75) is 45.1 Å². The average molecular weight is 355 g/mol. The van der Waals surface area contributed by atoms with E-state index in [9.17, 15) is 18.0 Å². The van der Waals surface area contributed by atoms with Crippen LogP contribution in [0.4, 0.5) is 13.2 Å². The molecule has 0 radical (unpaired) electrons. The van der Waals surface area contributed by atoms with Gasteiger partial charge in [0.1, 0.15) is 5.75 Å². The number of likely N-dealkylation sites (N-methyl/N-ethyl adjacent to an activating group) is 1. The highest BCUT2D eigenvalue weighted by Gasteiger charge is 2.31. The number of carbonyl (C=O) groups is 1. The number of halogens is 4. The van der Waals surface area contributed by atoms with E-state index in [1.54, 1.807) is 14.0 Å². The smallest absolute Gasteiger partial charge is 0.406 e. The highest BCUT2D eigenvalue weighted by Crippen LogP contribution is 2.23. The van der Waals surface area contributed by atoms with Gasteiger partial charge in [0.15, 0.2) is 0 Å². The molecule has 132 valence electrons. The van der Waals surface area contributed by atoms with Crippen molar-refractivity contribution in [3.8, 4) is 5.75 Å². The van der Waals surface area contributed by atoms with E-state index in [2.05, 4.69) is 4.74 Å². The van der Waals surface area contributed by atoms with Gasteiger partial charge in [-0.1, -0.05) is 25.5 Å². The molecule has 1 aromatic rings. The Labute approximate surface area is 140 Å². The molecule has 1 atom stereocenters. The zero-order chi connectivity index (χ0) is 17.0. The van der Waals surface area contributed by atoms with Crippen molar-refractivity contribution in [2.75, 3.05) is 7.05 Å². The van der Waals surface area contributed by atoms with E-state index in [4.69, 9.17) is 5.73 Å². The van der Waals surface area contributed by atoms with Crippen LogP contribution in [-0.4, -0.2) is 29.8 Å². The summed E-state index contributed by atoms with van der Waals surface area (Å²) in [5, 5.41) is 0. The molecule has 0 fully saturated rings. The lowest BCUT2D eigenvalue weighted by Crippen LogP contribution is -2.51. The molecular formula is C15H22ClF3N2O2. The van der Waals surface area contributed by atoms with Gasteiger partial charge in [-0.3, -0.25) is 4.79 Å². The molecule has 4 nitrogen and oxygen atoms in total. The van der Waals surface area contributed by atoms with Crippen LogP contribution in [0, 0.1) is 0 Å². The maximum Gasteiger partial charge on any atom is 0.573 e. The van der Waals surface area contributed by atoms with Gasteiger partial charge in [-0.2, -0.15) is 0 Å². The summed E-state index contributed by atoms with van der Waals surface area (Å²) in [6.07, 6.45) is -3.36. The van der Waals surface area contributed by atoms with E-state index in [0.29, 0.717) is 12.0 Å². The van der Waals surface area contributed by atoms with Gasteiger partial charge in [-0.25, -0.2) is 0 Å². The Kier molecular flexibility index (Phi) is 7.86. The summed E-state index contributed by atoms with van der Waals surface area (Å²) in [6, 6.07) is 5.40. The summed E-state index contributed by atoms with van der Waals surface area (Å²) in [6.45, 7) is 3.88. The minimum Gasteiger partial charge on any atom is -0.406 e. The fraction of sp³-hybridized carbons (Fsp3) is 0.533. The third-order valence-corrected chi connectivity index (χ3v) is 3.18. The molecule has 0 bridgehead atoms. The third-order valence-electron chi connectivity index (χ3n) is 3.18. The number of alkyl halides is 3. The summed E-state index contributed by atoms with van der Waals surface area (Å²) in [5.74, 6) is -0.496. The molecule has 0 heterocycles. The van der Waals surface area contributed by atoms with Crippen molar-refractivity contribution < 1.29 is 22.7 Å². The summed E-state index contributed by atoms with van der Waals surface area (Å²) in [4.78, 5) is 13.7. The van der Waals surface area contributed by atoms with Crippen LogP contribution in [0.15, 0.2) is 24.3 Å². The quantitative estimate of drug-likeness (QED) is 0.850. The van der Waals surface area contributed by atoms with E-state index in [1.807, 2.05) is 6.92 Å². The Morgan fingerprint density at radius 3 is 2.22 bits per heavy atom. The molecule has 23 heavy (non-hydrogen) atoms. The minimum atomic E-state index is -4.71. The number of hydrogen-bond donors (Lipinski definition) is 1. The maximum atomic E-state index is 12.2. The van der Waals surface area contributed by atoms with Crippen LogP contribution in [0.25, 0.3) is 0 Å².